The molecule has 3 unspecified atom stereocenters. The maximum atomic E-state index is 11.2. The first-order valence-corrected chi connectivity index (χ1v) is 7.47. The van der Waals surface area contributed by atoms with E-state index >= 15 is 0 Å². The molecule has 0 saturated heterocycles. The van der Waals surface area contributed by atoms with E-state index in [2.05, 4.69) is 32.6 Å². The van der Waals surface area contributed by atoms with E-state index in [-0.39, 0.29) is 0 Å². The van der Waals surface area contributed by atoms with E-state index < -0.39 is 5.60 Å². The van der Waals surface area contributed by atoms with Crippen LogP contribution in [0, 0.1) is 23.7 Å². The smallest absolute Gasteiger partial charge is 0.0935 e. The summed E-state index contributed by atoms with van der Waals surface area (Å²) in [6.45, 7) is 8.64. The van der Waals surface area contributed by atoms with Crippen molar-refractivity contribution in [2.24, 2.45) is 23.7 Å². The lowest BCUT2D eigenvalue weighted by Gasteiger charge is -2.60. The Balaban J connectivity index is 1.95. The van der Waals surface area contributed by atoms with Gasteiger partial charge in [0.05, 0.1) is 5.60 Å². The summed E-state index contributed by atoms with van der Waals surface area (Å²) in [5.41, 5.74) is 1.72. The van der Waals surface area contributed by atoms with Crippen molar-refractivity contribution < 1.29 is 5.11 Å². The molecule has 0 bridgehead atoms. The lowest BCUT2D eigenvalue weighted by molar-refractivity contribution is -0.194. The predicted octanol–water partition coefficient (Wildman–Crippen LogP) is 4.13. The lowest BCUT2D eigenvalue weighted by Crippen LogP contribution is -2.58. The van der Waals surface area contributed by atoms with E-state index in [0.717, 1.165) is 17.9 Å². The van der Waals surface area contributed by atoms with Gasteiger partial charge in [-0.2, -0.15) is 0 Å². The summed E-state index contributed by atoms with van der Waals surface area (Å²) >= 11 is 0. The Hall–Kier alpha value is -1.08. The van der Waals surface area contributed by atoms with E-state index in [4.69, 9.17) is 0 Å². The van der Waals surface area contributed by atoms with Gasteiger partial charge in [0.25, 0.3) is 0 Å². The topological polar surface area (TPSA) is 20.2 Å². The molecule has 3 rings (SSSR count). The second-order valence-corrected chi connectivity index (χ2v) is 6.69. The quantitative estimate of drug-likeness (QED) is 0.789. The van der Waals surface area contributed by atoms with Gasteiger partial charge < -0.3 is 5.11 Å². The molecular formula is C18H24O. The molecule has 0 amide bonds. The van der Waals surface area contributed by atoms with Crippen LogP contribution in [0.2, 0.25) is 0 Å². The molecule has 0 aromatic heterocycles. The van der Waals surface area contributed by atoms with E-state index in [0.29, 0.717) is 17.8 Å². The Morgan fingerprint density at radius 2 is 1.95 bits per heavy atom. The normalized spacial score (nSPS) is 41.2. The van der Waals surface area contributed by atoms with Crippen molar-refractivity contribution in [1.29, 1.82) is 0 Å². The molecule has 1 nitrogen and oxygen atoms in total. The highest BCUT2D eigenvalue weighted by molar-refractivity contribution is 5.30. The molecule has 5 atom stereocenters. The predicted molar refractivity (Wildman–Crippen MR) is 78.6 cm³/mol. The first-order valence-electron chi connectivity index (χ1n) is 7.47. The van der Waals surface area contributed by atoms with Crippen LogP contribution in [-0.4, -0.2) is 5.11 Å². The molecule has 1 aromatic rings. The minimum atomic E-state index is -0.621. The minimum Gasteiger partial charge on any atom is -0.385 e. The third-order valence-electron chi connectivity index (χ3n) is 5.56. The maximum Gasteiger partial charge on any atom is 0.0935 e. The number of aliphatic hydroxyl groups is 1. The van der Waals surface area contributed by atoms with Crippen molar-refractivity contribution in [1.82, 2.24) is 0 Å². The summed E-state index contributed by atoms with van der Waals surface area (Å²) in [5.74, 6) is 2.27. The van der Waals surface area contributed by atoms with Gasteiger partial charge in [-0.25, -0.2) is 0 Å². The zero-order valence-corrected chi connectivity index (χ0v) is 12.0. The summed E-state index contributed by atoms with van der Waals surface area (Å²) in [4.78, 5) is 0. The molecule has 1 heteroatoms. The van der Waals surface area contributed by atoms with Gasteiger partial charge in [-0.1, -0.05) is 49.4 Å². The van der Waals surface area contributed by atoms with Crippen LogP contribution in [-0.2, 0) is 5.60 Å². The first-order chi connectivity index (χ1) is 9.04. The molecular weight excluding hydrogens is 232 g/mol. The largest absolute Gasteiger partial charge is 0.385 e. The van der Waals surface area contributed by atoms with Crippen LogP contribution >= 0.6 is 0 Å². The van der Waals surface area contributed by atoms with Gasteiger partial charge in [0.2, 0.25) is 0 Å². The molecule has 0 aliphatic heterocycles. The average molecular weight is 256 g/mol. The zero-order chi connectivity index (χ0) is 13.6. The number of allylic oxidation sites excluding steroid dienone is 1. The monoisotopic (exact) mass is 256 g/mol. The summed E-state index contributed by atoms with van der Waals surface area (Å²) in [7, 11) is 0. The van der Waals surface area contributed by atoms with Gasteiger partial charge in [0.1, 0.15) is 0 Å². The van der Waals surface area contributed by atoms with Crippen LogP contribution in [0.1, 0.15) is 38.7 Å². The standard InChI is InChI=1S/C18H24O/c1-12(2)15-10-9-13(3)16-11-18(19,17(15)16)14-7-5-4-6-8-14/h4-8,13,15-17,19H,1,9-11H2,2-3H3/t13-,15?,16?,17?,18+/m1/s1. The summed E-state index contributed by atoms with van der Waals surface area (Å²) < 4.78 is 0. The Bertz CT molecular complexity index is 478. The van der Waals surface area contributed by atoms with Gasteiger partial charge in [-0.3, -0.25) is 0 Å². The molecule has 2 aliphatic rings. The van der Waals surface area contributed by atoms with Crippen molar-refractivity contribution in [3.05, 3.63) is 48.0 Å². The van der Waals surface area contributed by atoms with Crippen LogP contribution < -0.4 is 0 Å². The highest BCUT2D eigenvalue weighted by Crippen LogP contribution is 2.61. The highest BCUT2D eigenvalue weighted by Gasteiger charge is 2.59. The van der Waals surface area contributed by atoms with Crippen molar-refractivity contribution in [3.63, 3.8) is 0 Å². The van der Waals surface area contributed by atoms with E-state index in [1.54, 1.807) is 0 Å². The Labute approximate surface area is 116 Å². The Morgan fingerprint density at radius 1 is 1.26 bits per heavy atom. The summed E-state index contributed by atoms with van der Waals surface area (Å²) in [6.07, 6.45) is 3.39. The van der Waals surface area contributed by atoms with Crippen molar-refractivity contribution >= 4 is 0 Å². The molecule has 19 heavy (non-hydrogen) atoms. The zero-order valence-electron chi connectivity index (χ0n) is 12.0. The fraction of sp³-hybridized carbons (Fsp3) is 0.556. The molecule has 0 spiro atoms. The molecule has 2 saturated carbocycles. The number of fused-ring (bicyclic) bond motifs is 1. The van der Waals surface area contributed by atoms with Crippen molar-refractivity contribution in [2.45, 2.75) is 38.7 Å². The van der Waals surface area contributed by atoms with Gasteiger partial charge in [0.15, 0.2) is 0 Å². The molecule has 0 heterocycles. The first kappa shape index (κ1) is 12.9. The summed E-state index contributed by atoms with van der Waals surface area (Å²) in [6, 6.07) is 10.2. The van der Waals surface area contributed by atoms with Gasteiger partial charge >= 0.3 is 0 Å². The number of hydrogen-bond donors (Lipinski definition) is 1. The van der Waals surface area contributed by atoms with Crippen molar-refractivity contribution in [3.8, 4) is 0 Å². The third kappa shape index (κ3) is 1.87. The molecule has 1 N–H and O–H groups in total. The number of rotatable bonds is 2. The molecule has 0 radical (unpaired) electrons. The summed E-state index contributed by atoms with van der Waals surface area (Å²) in [5, 5.41) is 11.2. The van der Waals surface area contributed by atoms with Crippen LogP contribution in [0.5, 0.6) is 0 Å². The number of hydrogen-bond acceptors (Lipinski definition) is 1. The molecule has 102 valence electrons. The van der Waals surface area contributed by atoms with E-state index in [9.17, 15) is 5.11 Å². The fourth-order valence-corrected chi connectivity index (χ4v) is 4.43. The lowest BCUT2D eigenvalue weighted by atomic mass is 9.47. The SMILES string of the molecule is C=C(C)C1CC[C@@H](C)C2C[C@](O)(c3ccccc3)C12. The van der Waals surface area contributed by atoms with Crippen LogP contribution in [0.15, 0.2) is 42.5 Å². The van der Waals surface area contributed by atoms with Gasteiger partial charge in [-0.15, -0.1) is 0 Å². The highest BCUT2D eigenvalue weighted by atomic mass is 16.3. The van der Waals surface area contributed by atoms with Gasteiger partial charge in [-0.05, 0) is 49.5 Å². The molecule has 1 aromatic carbocycles. The Kier molecular flexibility index (Phi) is 3.05. The molecule has 2 fully saturated rings. The maximum absolute atomic E-state index is 11.2. The fourth-order valence-electron chi connectivity index (χ4n) is 4.43. The van der Waals surface area contributed by atoms with Crippen LogP contribution in [0.4, 0.5) is 0 Å². The van der Waals surface area contributed by atoms with E-state index in [1.165, 1.54) is 18.4 Å². The van der Waals surface area contributed by atoms with Crippen LogP contribution in [0.3, 0.4) is 0 Å². The second kappa shape index (κ2) is 4.49. The third-order valence-corrected chi connectivity index (χ3v) is 5.56. The minimum absolute atomic E-state index is 0.371. The van der Waals surface area contributed by atoms with Crippen molar-refractivity contribution in [2.75, 3.05) is 0 Å². The average Bonchev–Trinajstić information content (AvgIpc) is 2.40. The second-order valence-electron chi connectivity index (χ2n) is 6.69. The number of benzene rings is 1. The van der Waals surface area contributed by atoms with E-state index in [1.807, 2.05) is 18.2 Å². The Morgan fingerprint density at radius 3 is 2.58 bits per heavy atom. The molecule has 2 aliphatic carbocycles. The van der Waals surface area contributed by atoms with Crippen LogP contribution in [0.25, 0.3) is 0 Å². The van der Waals surface area contributed by atoms with Gasteiger partial charge in [0, 0.05) is 5.92 Å².